The van der Waals surface area contributed by atoms with Crippen molar-refractivity contribution in [1.29, 1.82) is 0 Å². The fourth-order valence-corrected chi connectivity index (χ4v) is 4.48. The highest BCUT2D eigenvalue weighted by atomic mass is 19.4. The molecular formula is C21H14F3N3O3. The summed E-state index contributed by atoms with van der Waals surface area (Å²) < 4.78 is 55.9. The lowest BCUT2D eigenvalue weighted by molar-refractivity contribution is -0.152. The molecule has 3 aliphatic rings. The van der Waals surface area contributed by atoms with E-state index >= 15 is 0 Å². The van der Waals surface area contributed by atoms with Crippen LogP contribution in [0.15, 0.2) is 51.9 Å². The molecule has 6 rings (SSSR count). The molecule has 0 saturated heterocycles. The van der Waals surface area contributed by atoms with E-state index in [0.29, 0.717) is 28.7 Å². The first-order valence-corrected chi connectivity index (χ1v) is 9.26. The van der Waals surface area contributed by atoms with Gasteiger partial charge in [-0.25, -0.2) is 4.98 Å². The predicted octanol–water partition coefficient (Wildman–Crippen LogP) is 4.44. The number of anilines is 1. The molecule has 5 heterocycles. The van der Waals surface area contributed by atoms with E-state index in [9.17, 15) is 13.2 Å². The van der Waals surface area contributed by atoms with Gasteiger partial charge in [0.1, 0.15) is 29.3 Å². The number of aliphatic imine (C=N–C) groups is 1. The maximum atomic E-state index is 13.2. The highest BCUT2D eigenvalue weighted by Gasteiger charge is 2.57. The van der Waals surface area contributed by atoms with Crippen molar-refractivity contribution in [2.75, 3.05) is 18.6 Å². The molecule has 0 aliphatic carbocycles. The Balaban J connectivity index is 1.61. The Morgan fingerprint density at radius 2 is 2.00 bits per heavy atom. The van der Waals surface area contributed by atoms with Gasteiger partial charge in [0.2, 0.25) is 17.5 Å². The highest BCUT2D eigenvalue weighted by molar-refractivity contribution is 6.15. The number of benzene rings is 1. The van der Waals surface area contributed by atoms with Crippen molar-refractivity contribution in [1.82, 2.24) is 4.98 Å². The summed E-state index contributed by atoms with van der Waals surface area (Å²) in [4.78, 5) is 11.1. The van der Waals surface area contributed by atoms with Crippen LogP contribution in [0.4, 0.5) is 24.7 Å². The first kappa shape index (κ1) is 17.4. The number of fused-ring (bicyclic) bond motifs is 8. The van der Waals surface area contributed by atoms with Gasteiger partial charge in [0, 0.05) is 17.3 Å². The molecule has 6 nitrogen and oxygen atoms in total. The van der Waals surface area contributed by atoms with E-state index in [2.05, 4.69) is 9.98 Å². The molecule has 0 bridgehead atoms. The third kappa shape index (κ3) is 2.09. The molecule has 9 heteroatoms. The predicted molar refractivity (Wildman–Crippen MR) is 100 cm³/mol. The lowest BCUT2D eigenvalue weighted by Gasteiger charge is -2.29. The van der Waals surface area contributed by atoms with E-state index in [0.717, 1.165) is 17.3 Å². The zero-order valence-electron chi connectivity index (χ0n) is 15.7. The fourth-order valence-electron chi connectivity index (χ4n) is 4.48. The monoisotopic (exact) mass is 413 g/mol. The molecule has 2 aromatic heterocycles. The van der Waals surface area contributed by atoms with Crippen LogP contribution >= 0.6 is 0 Å². The third-order valence-electron chi connectivity index (χ3n) is 5.78. The van der Waals surface area contributed by atoms with Crippen LogP contribution < -0.4 is 14.4 Å². The van der Waals surface area contributed by atoms with Gasteiger partial charge >= 0.3 is 6.18 Å². The van der Waals surface area contributed by atoms with Gasteiger partial charge < -0.3 is 18.8 Å². The number of para-hydroxylation sites is 1. The minimum atomic E-state index is -4.57. The second-order valence-corrected chi connectivity index (χ2v) is 7.37. The van der Waals surface area contributed by atoms with Gasteiger partial charge in [-0.05, 0) is 23.8 Å². The SMILES string of the molecule is COc1ccc2c(n1)C1(CO2)C2=Nc3oc(C(F)(F)F)cc3CN2c2ccccc21. The normalized spacial score (nSPS) is 20.9. The van der Waals surface area contributed by atoms with E-state index in [4.69, 9.17) is 13.9 Å². The number of amidine groups is 1. The number of methoxy groups -OCH3 is 1. The van der Waals surface area contributed by atoms with Crippen LogP contribution in [0.25, 0.3) is 0 Å². The maximum absolute atomic E-state index is 13.2. The summed E-state index contributed by atoms with van der Waals surface area (Å²) in [5.41, 5.74) is 1.95. The number of pyridine rings is 1. The number of furan rings is 1. The van der Waals surface area contributed by atoms with Crippen molar-refractivity contribution in [2.45, 2.75) is 18.1 Å². The first-order chi connectivity index (χ1) is 14.4. The number of aromatic nitrogens is 1. The fraction of sp³-hybridized carbons (Fsp3) is 0.238. The minimum absolute atomic E-state index is 0.0305. The molecule has 3 aromatic rings. The Hall–Kier alpha value is -3.49. The maximum Gasteiger partial charge on any atom is 0.449 e. The van der Waals surface area contributed by atoms with Crippen molar-refractivity contribution >= 4 is 17.4 Å². The number of halogens is 3. The smallest absolute Gasteiger partial charge is 0.449 e. The lowest BCUT2D eigenvalue weighted by atomic mass is 9.79. The Bertz CT molecular complexity index is 1230. The number of hydrogen-bond acceptors (Lipinski definition) is 6. The number of nitrogens with zero attached hydrogens (tertiary/aromatic N) is 3. The summed E-state index contributed by atoms with van der Waals surface area (Å²) in [5.74, 6) is 0.472. The van der Waals surface area contributed by atoms with Gasteiger partial charge in [-0.3, -0.25) is 0 Å². The highest BCUT2D eigenvalue weighted by Crippen LogP contribution is 2.55. The molecule has 30 heavy (non-hydrogen) atoms. The average molecular weight is 413 g/mol. The molecule has 0 radical (unpaired) electrons. The van der Waals surface area contributed by atoms with Crippen LogP contribution in [-0.4, -0.2) is 24.5 Å². The number of ether oxygens (including phenoxy) is 2. The van der Waals surface area contributed by atoms with Crippen molar-refractivity contribution < 1.29 is 27.1 Å². The second-order valence-electron chi connectivity index (χ2n) is 7.37. The minimum Gasteiger partial charge on any atom is -0.490 e. The second kappa shape index (κ2) is 5.56. The largest absolute Gasteiger partial charge is 0.490 e. The summed E-state index contributed by atoms with van der Waals surface area (Å²) in [6.07, 6.45) is -4.57. The van der Waals surface area contributed by atoms with Crippen LogP contribution in [0.3, 0.4) is 0 Å². The van der Waals surface area contributed by atoms with Crippen LogP contribution in [0.1, 0.15) is 22.6 Å². The zero-order chi connectivity index (χ0) is 20.7. The van der Waals surface area contributed by atoms with Crippen LogP contribution in [0.2, 0.25) is 0 Å². The quantitative estimate of drug-likeness (QED) is 0.590. The van der Waals surface area contributed by atoms with Crippen molar-refractivity contribution in [3.63, 3.8) is 0 Å². The first-order valence-electron chi connectivity index (χ1n) is 9.26. The van der Waals surface area contributed by atoms with E-state index < -0.39 is 17.4 Å². The van der Waals surface area contributed by atoms with Crippen LogP contribution in [-0.2, 0) is 18.1 Å². The summed E-state index contributed by atoms with van der Waals surface area (Å²) in [7, 11) is 1.53. The van der Waals surface area contributed by atoms with Gasteiger partial charge in [-0.2, -0.15) is 18.2 Å². The van der Waals surface area contributed by atoms with Gasteiger partial charge in [0.25, 0.3) is 0 Å². The Labute approximate surface area is 168 Å². The molecule has 152 valence electrons. The van der Waals surface area contributed by atoms with Crippen molar-refractivity contribution in [3.8, 4) is 11.6 Å². The van der Waals surface area contributed by atoms with E-state index in [-0.39, 0.29) is 19.0 Å². The van der Waals surface area contributed by atoms with Crippen molar-refractivity contribution in [3.05, 3.63) is 65.0 Å². The van der Waals surface area contributed by atoms with Gasteiger partial charge in [-0.1, -0.05) is 18.2 Å². The lowest BCUT2D eigenvalue weighted by Crippen LogP contribution is -2.43. The van der Waals surface area contributed by atoms with Crippen LogP contribution in [0, 0.1) is 0 Å². The zero-order valence-corrected chi connectivity index (χ0v) is 15.7. The molecule has 1 atom stereocenters. The molecule has 0 saturated carbocycles. The van der Waals surface area contributed by atoms with E-state index in [1.807, 2.05) is 29.2 Å². The Kier molecular flexibility index (Phi) is 3.22. The third-order valence-corrected chi connectivity index (χ3v) is 5.78. The van der Waals surface area contributed by atoms with Gasteiger partial charge in [-0.15, -0.1) is 0 Å². The molecule has 0 N–H and O–H groups in total. The summed E-state index contributed by atoms with van der Waals surface area (Å²) >= 11 is 0. The number of hydrogen-bond donors (Lipinski definition) is 0. The van der Waals surface area contributed by atoms with E-state index in [1.54, 1.807) is 12.1 Å². The molecule has 1 unspecified atom stereocenters. The molecule has 1 aromatic carbocycles. The summed E-state index contributed by atoms with van der Waals surface area (Å²) in [5, 5.41) is 0. The Morgan fingerprint density at radius 3 is 2.80 bits per heavy atom. The molecule has 3 aliphatic heterocycles. The van der Waals surface area contributed by atoms with Crippen LogP contribution in [0.5, 0.6) is 11.6 Å². The van der Waals surface area contributed by atoms with Gasteiger partial charge in [0.05, 0.1) is 13.7 Å². The molecule has 0 fully saturated rings. The summed E-state index contributed by atoms with van der Waals surface area (Å²) in [6.45, 7) is 0.447. The molecule has 1 spiro atoms. The number of rotatable bonds is 1. The summed E-state index contributed by atoms with van der Waals surface area (Å²) in [6, 6.07) is 12.2. The Morgan fingerprint density at radius 1 is 1.17 bits per heavy atom. The van der Waals surface area contributed by atoms with Crippen molar-refractivity contribution in [2.24, 2.45) is 4.99 Å². The number of alkyl halides is 3. The molecular weight excluding hydrogens is 399 g/mol. The van der Waals surface area contributed by atoms with E-state index in [1.165, 1.54) is 7.11 Å². The molecule has 0 amide bonds. The average Bonchev–Trinajstić information content (AvgIpc) is 3.40. The topological polar surface area (TPSA) is 60.1 Å². The van der Waals surface area contributed by atoms with Gasteiger partial charge in [0.15, 0.2) is 0 Å². The standard InChI is InChI=1S/C21H14F3N3O3/c1-28-16-7-6-14-17(25-16)20(10-29-14)12-4-2-3-5-13(12)27-9-11-8-15(21(22,23)24)30-18(11)26-19(20)27/h2-8H,9-10H2,1H3.